The molecule has 0 aliphatic carbocycles. The Bertz CT molecular complexity index is 553. The number of amides is 1. The SMILES string of the molecule is Cc1ccc(CC(=O)NC2CCN(CC(F)(F)F)CC2)cc1O. The van der Waals surface area contributed by atoms with Crippen molar-refractivity contribution in [2.45, 2.75) is 38.4 Å². The Morgan fingerprint density at radius 3 is 2.57 bits per heavy atom. The van der Waals surface area contributed by atoms with Crippen LogP contribution in [0.4, 0.5) is 13.2 Å². The Morgan fingerprint density at radius 2 is 2.00 bits per heavy atom. The van der Waals surface area contributed by atoms with Gasteiger partial charge in [0.2, 0.25) is 5.91 Å². The number of piperidine rings is 1. The molecule has 0 atom stereocenters. The summed E-state index contributed by atoms with van der Waals surface area (Å²) in [5, 5.41) is 12.5. The molecular weight excluding hydrogens is 309 g/mol. The van der Waals surface area contributed by atoms with Gasteiger partial charge < -0.3 is 10.4 Å². The quantitative estimate of drug-likeness (QED) is 0.891. The van der Waals surface area contributed by atoms with Gasteiger partial charge in [-0.2, -0.15) is 13.2 Å². The second-order valence-electron chi connectivity index (χ2n) is 6.03. The summed E-state index contributed by atoms with van der Waals surface area (Å²) in [7, 11) is 0. The molecule has 1 aromatic carbocycles. The van der Waals surface area contributed by atoms with E-state index >= 15 is 0 Å². The summed E-state index contributed by atoms with van der Waals surface area (Å²) in [5.41, 5.74) is 1.45. The summed E-state index contributed by atoms with van der Waals surface area (Å²) in [4.78, 5) is 13.4. The van der Waals surface area contributed by atoms with E-state index < -0.39 is 12.7 Å². The largest absolute Gasteiger partial charge is 0.508 e. The number of likely N-dealkylation sites (tertiary alicyclic amines) is 1. The molecule has 1 aromatic rings. The summed E-state index contributed by atoms with van der Waals surface area (Å²) in [6, 6.07) is 4.99. The standard InChI is InChI=1S/C16H21F3N2O2/c1-11-2-3-12(8-14(11)22)9-15(23)20-13-4-6-21(7-5-13)10-16(17,18)19/h2-3,8,13,22H,4-7,9-10H2,1H3,(H,20,23). The molecule has 0 saturated carbocycles. The van der Waals surface area contributed by atoms with Gasteiger partial charge in [0.15, 0.2) is 0 Å². The lowest BCUT2D eigenvalue weighted by atomic mass is 10.0. The van der Waals surface area contributed by atoms with Crippen LogP contribution in [-0.4, -0.2) is 47.8 Å². The van der Waals surface area contributed by atoms with Crippen molar-refractivity contribution in [3.05, 3.63) is 29.3 Å². The summed E-state index contributed by atoms with van der Waals surface area (Å²) in [6.45, 7) is 1.54. The fraction of sp³-hybridized carbons (Fsp3) is 0.562. The zero-order chi connectivity index (χ0) is 17.0. The lowest BCUT2D eigenvalue weighted by Gasteiger charge is -2.32. The third kappa shape index (κ3) is 5.74. The number of halogens is 3. The predicted octanol–water partition coefficient (Wildman–Crippen LogP) is 2.39. The van der Waals surface area contributed by atoms with Gasteiger partial charge in [-0.1, -0.05) is 12.1 Å². The Morgan fingerprint density at radius 1 is 1.35 bits per heavy atom. The molecule has 1 saturated heterocycles. The minimum Gasteiger partial charge on any atom is -0.508 e. The van der Waals surface area contributed by atoms with Gasteiger partial charge >= 0.3 is 6.18 Å². The number of nitrogens with one attached hydrogen (secondary N) is 1. The van der Waals surface area contributed by atoms with Crippen molar-refractivity contribution in [1.29, 1.82) is 0 Å². The van der Waals surface area contributed by atoms with E-state index in [1.54, 1.807) is 25.1 Å². The number of carbonyl (C=O) groups excluding carboxylic acids is 1. The molecule has 23 heavy (non-hydrogen) atoms. The first-order valence-electron chi connectivity index (χ1n) is 7.60. The van der Waals surface area contributed by atoms with Gasteiger partial charge in [0.05, 0.1) is 13.0 Å². The highest BCUT2D eigenvalue weighted by Gasteiger charge is 2.32. The molecular formula is C16H21F3N2O2. The van der Waals surface area contributed by atoms with Crippen LogP contribution in [0.25, 0.3) is 0 Å². The zero-order valence-electron chi connectivity index (χ0n) is 13.0. The molecule has 0 aromatic heterocycles. The Kier molecular flexibility index (Phi) is 5.51. The number of hydrogen-bond donors (Lipinski definition) is 2. The van der Waals surface area contributed by atoms with E-state index in [9.17, 15) is 23.1 Å². The smallest absolute Gasteiger partial charge is 0.401 e. The minimum absolute atomic E-state index is 0.0916. The number of alkyl halides is 3. The van der Waals surface area contributed by atoms with Crippen LogP contribution in [0.15, 0.2) is 18.2 Å². The number of nitrogens with zero attached hydrogens (tertiary/aromatic N) is 1. The van der Waals surface area contributed by atoms with Crippen LogP contribution in [0.5, 0.6) is 5.75 Å². The molecule has 0 spiro atoms. The van der Waals surface area contributed by atoms with Gasteiger partial charge in [-0.15, -0.1) is 0 Å². The molecule has 2 rings (SSSR count). The van der Waals surface area contributed by atoms with Gasteiger partial charge in [0, 0.05) is 19.1 Å². The summed E-state index contributed by atoms with van der Waals surface area (Å²) in [6.07, 6.45) is -3.00. The highest BCUT2D eigenvalue weighted by molar-refractivity contribution is 5.79. The molecule has 2 N–H and O–H groups in total. The molecule has 1 aliphatic heterocycles. The van der Waals surface area contributed by atoms with E-state index in [0.717, 1.165) is 5.56 Å². The number of aryl methyl sites for hydroxylation is 1. The van der Waals surface area contributed by atoms with E-state index in [2.05, 4.69) is 5.32 Å². The number of aromatic hydroxyl groups is 1. The lowest BCUT2D eigenvalue weighted by Crippen LogP contribution is -2.47. The number of phenolic OH excluding ortho intramolecular Hbond substituents is 1. The van der Waals surface area contributed by atoms with Crippen LogP contribution < -0.4 is 5.32 Å². The van der Waals surface area contributed by atoms with Gasteiger partial charge in [-0.3, -0.25) is 9.69 Å². The molecule has 0 unspecified atom stereocenters. The van der Waals surface area contributed by atoms with Crippen molar-refractivity contribution < 1.29 is 23.1 Å². The average Bonchev–Trinajstić information content (AvgIpc) is 2.43. The fourth-order valence-electron chi connectivity index (χ4n) is 2.72. The normalized spacial score (nSPS) is 17.2. The van der Waals surface area contributed by atoms with Crippen LogP contribution in [-0.2, 0) is 11.2 Å². The van der Waals surface area contributed by atoms with Gasteiger partial charge in [-0.05, 0) is 37.0 Å². The van der Waals surface area contributed by atoms with Crippen molar-refractivity contribution in [2.24, 2.45) is 0 Å². The molecule has 1 aliphatic rings. The number of hydrogen-bond acceptors (Lipinski definition) is 3. The Hall–Kier alpha value is -1.76. The van der Waals surface area contributed by atoms with Crippen molar-refractivity contribution in [3.63, 3.8) is 0 Å². The molecule has 0 bridgehead atoms. The maximum atomic E-state index is 12.3. The van der Waals surface area contributed by atoms with Crippen LogP contribution in [0.2, 0.25) is 0 Å². The number of rotatable bonds is 4. The Labute approximate surface area is 133 Å². The number of phenols is 1. The van der Waals surface area contributed by atoms with E-state index in [1.165, 1.54) is 4.90 Å². The summed E-state index contributed by atoms with van der Waals surface area (Å²) in [5.74, 6) is -0.0294. The van der Waals surface area contributed by atoms with Gasteiger partial charge in [-0.25, -0.2) is 0 Å². The highest BCUT2D eigenvalue weighted by Crippen LogP contribution is 2.20. The van der Waals surface area contributed by atoms with Crippen LogP contribution in [0.1, 0.15) is 24.0 Å². The average molecular weight is 330 g/mol. The van der Waals surface area contributed by atoms with Gasteiger partial charge in [0.1, 0.15) is 5.75 Å². The zero-order valence-corrected chi connectivity index (χ0v) is 13.0. The molecule has 4 nitrogen and oxygen atoms in total. The molecule has 1 heterocycles. The van der Waals surface area contributed by atoms with Crippen LogP contribution in [0.3, 0.4) is 0 Å². The lowest BCUT2D eigenvalue weighted by molar-refractivity contribution is -0.148. The van der Waals surface area contributed by atoms with Crippen molar-refractivity contribution in [1.82, 2.24) is 10.2 Å². The first-order valence-corrected chi connectivity index (χ1v) is 7.60. The molecule has 128 valence electrons. The van der Waals surface area contributed by atoms with Crippen molar-refractivity contribution in [3.8, 4) is 5.75 Å². The second kappa shape index (κ2) is 7.21. The number of benzene rings is 1. The fourth-order valence-corrected chi connectivity index (χ4v) is 2.72. The van der Waals surface area contributed by atoms with Crippen LogP contribution >= 0.6 is 0 Å². The predicted molar refractivity (Wildman–Crippen MR) is 80.2 cm³/mol. The maximum Gasteiger partial charge on any atom is 0.401 e. The molecule has 0 radical (unpaired) electrons. The van der Waals surface area contributed by atoms with E-state index in [1.807, 2.05) is 0 Å². The first kappa shape index (κ1) is 17.6. The third-order valence-electron chi connectivity index (χ3n) is 3.99. The topological polar surface area (TPSA) is 52.6 Å². The maximum absolute atomic E-state index is 12.3. The third-order valence-corrected chi connectivity index (χ3v) is 3.99. The summed E-state index contributed by atoms with van der Waals surface area (Å²) < 4.78 is 37.0. The van der Waals surface area contributed by atoms with E-state index in [0.29, 0.717) is 31.5 Å². The molecule has 1 amide bonds. The Balaban J connectivity index is 1.77. The van der Waals surface area contributed by atoms with Crippen molar-refractivity contribution in [2.75, 3.05) is 19.6 Å². The summed E-state index contributed by atoms with van der Waals surface area (Å²) >= 11 is 0. The molecule has 7 heteroatoms. The van der Waals surface area contributed by atoms with E-state index in [-0.39, 0.29) is 24.1 Å². The highest BCUT2D eigenvalue weighted by atomic mass is 19.4. The molecule has 1 fully saturated rings. The van der Waals surface area contributed by atoms with Crippen molar-refractivity contribution >= 4 is 5.91 Å². The van der Waals surface area contributed by atoms with Crippen LogP contribution in [0, 0.1) is 6.92 Å². The van der Waals surface area contributed by atoms with Gasteiger partial charge in [0.25, 0.3) is 0 Å². The van der Waals surface area contributed by atoms with E-state index in [4.69, 9.17) is 0 Å². The second-order valence-corrected chi connectivity index (χ2v) is 6.03. The minimum atomic E-state index is -4.18. The number of carbonyl (C=O) groups is 1. The first-order chi connectivity index (χ1) is 10.7. The monoisotopic (exact) mass is 330 g/mol.